The summed E-state index contributed by atoms with van der Waals surface area (Å²) in [6.45, 7) is 2.38. The Kier molecular flexibility index (Phi) is 5.33. The average Bonchev–Trinajstić information content (AvgIpc) is 3.28. The summed E-state index contributed by atoms with van der Waals surface area (Å²) in [5, 5.41) is 2.04. The summed E-state index contributed by atoms with van der Waals surface area (Å²) in [6, 6.07) is 10.4. The molecule has 30 heavy (non-hydrogen) atoms. The number of ether oxygens (including phenoxy) is 1. The van der Waals surface area contributed by atoms with Crippen LogP contribution in [0.5, 0.6) is 0 Å². The molecule has 0 aromatic carbocycles. The minimum atomic E-state index is 0.443. The van der Waals surface area contributed by atoms with Crippen LogP contribution in [-0.2, 0) is 11.3 Å². The molecule has 4 aromatic rings. The van der Waals surface area contributed by atoms with Crippen molar-refractivity contribution >= 4 is 27.7 Å². The van der Waals surface area contributed by atoms with E-state index in [2.05, 4.69) is 42.4 Å². The van der Waals surface area contributed by atoms with Crippen molar-refractivity contribution in [3.8, 4) is 11.1 Å². The molecule has 1 saturated heterocycles. The fourth-order valence-electron chi connectivity index (χ4n) is 3.88. The predicted octanol–water partition coefficient (Wildman–Crippen LogP) is 4.07. The van der Waals surface area contributed by atoms with Gasteiger partial charge in [-0.05, 0) is 48.7 Å². The van der Waals surface area contributed by atoms with Crippen LogP contribution < -0.4 is 4.90 Å². The molecular weight excluding hydrogens is 396 g/mol. The molecule has 0 saturated carbocycles. The minimum Gasteiger partial charge on any atom is -0.377 e. The summed E-state index contributed by atoms with van der Waals surface area (Å²) in [7, 11) is 1.66. The van der Waals surface area contributed by atoms with E-state index >= 15 is 0 Å². The quantitative estimate of drug-likeness (QED) is 0.483. The van der Waals surface area contributed by atoms with Crippen LogP contribution in [-0.4, -0.2) is 44.5 Å². The van der Waals surface area contributed by atoms with Crippen molar-refractivity contribution in [3.63, 3.8) is 0 Å². The van der Waals surface area contributed by atoms with Gasteiger partial charge in [0.2, 0.25) is 5.13 Å². The lowest BCUT2D eigenvalue weighted by Gasteiger charge is -2.31. The molecule has 0 radical (unpaired) electrons. The number of hydrogen-bond donors (Lipinski definition) is 0. The Balaban J connectivity index is 1.29. The molecule has 4 aromatic heterocycles. The molecular formula is C22H22N6OS. The molecule has 0 bridgehead atoms. The SMILES string of the molecule is COCc1nsc(N2CCC(c3ccc4cc(-c5ccncc5)cnc4n3)CC2)n1. The second kappa shape index (κ2) is 8.41. The van der Waals surface area contributed by atoms with E-state index in [-0.39, 0.29) is 0 Å². The van der Waals surface area contributed by atoms with Crippen LogP contribution in [0.1, 0.15) is 30.3 Å². The number of aromatic nitrogens is 5. The highest BCUT2D eigenvalue weighted by Crippen LogP contribution is 2.31. The van der Waals surface area contributed by atoms with E-state index in [1.54, 1.807) is 19.5 Å². The standard InChI is InChI=1S/C22H22N6OS/c1-29-14-20-26-22(30-27-20)28-10-6-16(7-11-28)19-3-2-17-12-18(13-24-21(17)25-19)15-4-8-23-9-5-15/h2-5,8-9,12-13,16H,6-7,10-11,14H2,1H3. The molecule has 7 nitrogen and oxygen atoms in total. The number of anilines is 1. The van der Waals surface area contributed by atoms with Gasteiger partial charge in [-0.25, -0.2) is 15.0 Å². The van der Waals surface area contributed by atoms with E-state index in [1.165, 1.54) is 11.5 Å². The number of methoxy groups -OCH3 is 1. The van der Waals surface area contributed by atoms with E-state index < -0.39 is 0 Å². The van der Waals surface area contributed by atoms with Gasteiger partial charge in [-0.15, -0.1) is 0 Å². The van der Waals surface area contributed by atoms with E-state index in [0.29, 0.717) is 12.5 Å². The van der Waals surface area contributed by atoms with Crippen molar-refractivity contribution in [2.45, 2.75) is 25.4 Å². The van der Waals surface area contributed by atoms with Crippen LogP contribution in [0.15, 0.2) is 48.9 Å². The van der Waals surface area contributed by atoms with E-state index in [1.807, 2.05) is 18.3 Å². The second-order valence-electron chi connectivity index (χ2n) is 7.43. The Labute approximate surface area is 179 Å². The Bertz CT molecular complexity index is 1140. The molecule has 0 aliphatic carbocycles. The highest BCUT2D eigenvalue weighted by Gasteiger charge is 2.24. The largest absolute Gasteiger partial charge is 0.377 e. The Morgan fingerprint density at radius 3 is 2.70 bits per heavy atom. The van der Waals surface area contributed by atoms with Crippen LogP contribution in [0.4, 0.5) is 5.13 Å². The number of piperidine rings is 1. The maximum atomic E-state index is 5.12. The number of nitrogens with zero attached hydrogens (tertiary/aromatic N) is 6. The number of pyridine rings is 3. The molecule has 0 spiro atoms. The lowest BCUT2D eigenvalue weighted by molar-refractivity contribution is 0.179. The van der Waals surface area contributed by atoms with Crippen molar-refractivity contribution in [2.24, 2.45) is 0 Å². The van der Waals surface area contributed by atoms with Crippen LogP contribution >= 0.6 is 11.5 Å². The third kappa shape index (κ3) is 3.88. The maximum Gasteiger partial charge on any atom is 0.205 e. The molecule has 0 unspecified atom stereocenters. The van der Waals surface area contributed by atoms with Crippen molar-refractivity contribution in [3.05, 3.63) is 60.4 Å². The summed E-state index contributed by atoms with van der Waals surface area (Å²) in [5.74, 6) is 1.20. The lowest BCUT2D eigenvalue weighted by atomic mass is 9.93. The number of hydrogen-bond acceptors (Lipinski definition) is 8. The molecule has 5 heterocycles. The topological polar surface area (TPSA) is 76.9 Å². The fourth-order valence-corrected chi connectivity index (χ4v) is 4.61. The highest BCUT2D eigenvalue weighted by atomic mass is 32.1. The van der Waals surface area contributed by atoms with Crippen LogP contribution in [0.3, 0.4) is 0 Å². The summed E-state index contributed by atoms with van der Waals surface area (Å²) < 4.78 is 9.48. The monoisotopic (exact) mass is 418 g/mol. The normalized spacial score (nSPS) is 15.0. The lowest BCUT2D eigenvalue weighted by Crippen LogP contribution is -2.33. The molecule has 0 atom stereocenters. The third-order valence-electron chi connectivity index (χ3n) is 5.49. The molecule has 8 heteroatoms. The van der Waals surface area contributed by atoms with E-state index in [4.69, 9.17) is 9.72 Å². The first kappa shape index (κ1) is 19.0. The smallest absolute Gasteiger partial charge is 0.205 e. The van der Waals surface area contributed by atoms with Gasteiger partial charge in [0.1, 0.15) is 6.61 Å². The predicted molar refractivity (Wildman–Crippen MR) is 118 cm³/mol. The van der Waals surface area contributed by atoms with Gasteiger partial charge in [0, 0.05) is 72.9 Å². The first-order chi connectivity index (χ1) is 14.8. The zero-order chi connectivity index (χ0) is 20.3. The van der Waals surface area contributed by atoms with Gasteiger partial charge in [0.25, 0.3) is 0 Å². The zero-order valence-corrected chi connectivity index (χ0v) is 17.5. The van der Waals surface area contributed by atoms with Crippen LogP contribution in [0.25, 0.3) is 22.2 Å². The van der Waals surface area contributed by atoms with Gasteiger partial charge < -0.3 is 9.64 Å². The first-order valence-corrected chi connectivity index (χ1v) is 10.8. The molecule has 1 fully saturated rings. The third-order valence-corrected chi connectivity index (χ3v) is 6.31. The highest BCUT2D eigenvalue weighted by molar-refractivity contribution is 7.09. The Hall–Kier alpha value is -2.97. The first-order valence-electron chi connectivity index (χ1n) is 10.0. The number of fused-ring (bicyclic) bond motifs is 1. The van der Waals surface area contributed by atoms with Crippen molar-refractivity contribution < 1.29 is 4.74 Å². The van der Waals surface area contributed by atoms with Crippen LogP contribution in [0.2, 0.25) is 0 Å². The fraction of sp³-hybridized carbons (Fsp3) is 0.318. The molecule has 1 aliphatic rings. The molecule has 0 N–H and O–H groups in total. The van der Waals surface area contributed by atoms with Gasteiger partial charge in [-0.3, -0.25) is 4.98 Å². The zero-order valence-electron chi connectivity index (χ0n) is 16.7. The molecule has 5 rings (SSSR count). The Morgan fingerprint density at radius 1 is 1.07 bits per heavy atom. The minimum absolute atomic E-state index is 0.443. The van der Waals surface area contributed by atoms with Gasteiger partial charge >= 0.3 is 0 Å². The van der Waals surface area contributed by atoms with E-state index in [9.17, 15) is 0 Å². The van der Waals surface area contributed by atoms with Gasteiger partial charge in [-0.1, -0.05) is 0 Å². The van der Waals surface area contributed by atoms with Crippen molar-refractivity contribution in [1.29, 1.82) is 0 Å². The maximum absolute atomic E-state index is 5.12. The van der Waals surface area contributed by atoms with Crippen LogP contribution in [0, 0.1) is 0 Å². The molecule has 0 amide bonds. The van der Waals surface area contributed by atoms with Gasteiger partial charge in [0.05, 0.1) is 0 Å². The average molecular weight is 419 g/mol. The number of rotatable bonds is 5. The van der Waals surface area contributed by atoms with Crippen molar-refractivity contribution in [2.75, 3.05) is 25.1 Å². The van der Waals surface area contributed by atoms with Gasteiger partial charge in [0.15, 0.2) is 11.5 Å². The summed E-state index contributed by atoms with van der Waals surface area (Å²) in [4.78, 5) is 20.5. The second-order valence-corrected chi connectivity index (χ2v) is 8.16. The summed E-state index contributed by atoms with van der Waals surface area (Å²) in [5.41, 5.74) is 4.13. The van der Waals surface area contributed by atoms with E-state index in [0.717, 1.165) is 64.7 Å². The molecule has 1 aliphatic heterocycles. The Morgan fingerprint density at radius 2 is 1.90 bits per heavy atom. The summed E-state index contributed by atoms with van der Waals surface area (Å²) in [6.07, 6.45) is 7.59. The van der Waals surface area contributed by atoms with Crippen molar-refractivity contribution in [1.82, 2.24) is 24.3 Å². The summed E-state index contributed by atoms with van der Waals surface area (Å²) >= 11 is 1.45. The van der Waals surface area contributed by atoms with Gasteiger partial charge in [-0.2, -0.15) is 4.37 Å². The molecule has 152 valence electrons.